The first kappa shape index (κ1) is 10.7. The second-order valence-electron chi connectivity index (χ2n) is 4.24. The fourth-order valence-corrected chi connectivity index (χ4v) is 2.06. The molecule has 0 amide bonds. The number of nitrogens with zero attached hydrogens (tertiary/aromatic N) is 1. The van der Waals surface area contributed by atoms with E-state index in [1.807, 2.05) is 18.3 Å². The van der Waals surface area contributed by atoms with Crippen LogP contribution >= 0.6 is 0 Å². The van der Waals surface area contributed by atoms with E-state index < -0.39 is 0 Å². The zero-order valence-electron chi connectivity index (χ0n) is 10.0. The number of hydrogen-bond acceptors (Lipinski definition) is 1. The SMILES string of the molecule is C=Cc1ccc(-c2ccc3cccnc3c2)cc1. The summed E-state index contributed by atoms with van der Waals surface area (Å²) < 4.78 is 0. The van der Waals surface area contributed by atoms with Gasteiger partial charge in [-0.1, -0.05) is 55.1 Å². The van der Waals surface area contributed by atoms with Gasteiger partial charge in [0.1, 0.15) is 0 Å². The summed E-state index contributed by atoms with van der Waals surface area (Å²) >= 11 is 0. The van der Waals surface area contributed by atoms with Crippen LogP contribution in [0.3, 0.4) is 0 Å². The third kappa shape index (κ3) is 1.91. The van der Waals surface area contributed by atoms with Gasteiger partial charge in [0.15, 0.2) is 0 Å². The third-order valence-electron chi connectivity index (χ3n) is 3.09. The maximum atomic E-state index is 4.38. The fraction of sp³-hybridized carbons (Fsp3) is 0. The van der Waals surface area contributed by atoms with Gasteiger partial charge in [0, 0.05) is 11.6 Å². The highest BCUT2D eigenvalue weighted by Crippen LogP contribution is 2.23. The lowest BCUT2D eigenvalue weighted by molar-refractivity contribution is 1.41. The molecular formula is C17H13N. The summed E-state index contributed by atoms with van der Waals surface area (Å²) in [4.78, 5) is 4.38. The maximum absolute atomic E-state index is 4.38. The molecule has 1 aromatic heterocycles. The van der Waals surface area contributed by atoms with E-state index in [0.717, 1.165) is 11.1 Å². The smallest absolute Gasteiger partial charge is 0.0708 e. The number of pyridine rings is 1. The maximum Gasteiger partial charge on any atom is 0.0708 e. The second-order valence-corrected chi connectivity index (χ2v) is 4.24. The first-order valence-electron chi connectivity index (χ1n) is 5.94. The van der Waals surface area contributed by atoms with Crippen molar-refractivity contribution in [2.75, 3.05) is 0 Å². The highest BCUT2D eigenvalue weighted by Gasteiger charge is 1.99. The van der Waals surface area contributed by atoms with E-state index in [1.54, 1.807) is 0 Å². The molecule has 3 rings (SSSR count). The third-order valence-corrected chi connectivity index (χ3v) is 3.09. The zero-order chi connectivity index (χ0) is 12.4. The molecule has 86 valence electrons. The first-order valence-corrected chi connectivity index (χ1v) is 5.94. The van der Waals surface area contributed by atoms with Gasteiger partial charge in [-0.25, -0.2) is 0 Å². The lowest BCUT2D eigenvalue weighted by Gasteiger charge is -2.04. The van der Waals surface area contributed by atoms with E-state index in [9.17, 15) is 0 Å². The second kappa shape index (κ2) is 4.46. The van der Waals surface area contributed by atoms with Crippen molar-refractivity contribution in [1.82, 2.24) is 4.98 Å². The Hall–Kier alpha value is -2.41. The van der Waals surface area contributed by atoms with Gasteiger partial charge in [0.05, 0.1) is 5.52 Å². The van der Waals surface area contributed by atoms with E-state index in [2.05, 4.69) is 60.1 Å². The van der Waals surface area contributed by atoms with Crippen LogP contribution in [-0.4, -0.2) is 4.98 Å². The van der Waals surface area contributed by atoms with Crippen LogP contribution in [0.25, 0.3) is 28.1 Å². The van der Waals surface area contributed by atoms with Crippen LogP contribution in [-0.2, 0) is 0 Å². The molecule has 3 aromatic rings. The average molecular weight is 231 g/mol. The number of rotatable bonds is 2. The molecule has 0 fully saturated rings. The predicted molar refractivity (Wildman–Crippen MR) is 77.3 cm³/mol. The summed E-state index contributed by atoms with van der Waals surface area (Å²) in [5, 5.41) is 1.17. The molecule has 0 saturated carbocycles. The van der Waals surface area contributed by atoms with Crippen LogP contribution in [0.15, 0.2) is 67.4 Å². The van der Waals surface area contributed by atoms with Gasteiger partial charge >= 0.3 is 0 Å². The van der Waals surface area contributed by atoms with Crippen LogP contribution in [0.2, 0.25) is 0 Å². The van der Waals surface area contributed by atoms with Crippen LogP contribution in [0, 0.1) is 0 Å². The normalized spacial score (nSPS) is 10.4. The van der Waals surface area contributed by atoms with Gasteiger partial charge in [-0.3, -0.25) is 4.98 Å². The van der Waals surface area contributed by atoms with Gasteiger partial charge in [-0.05, 0) is 28.8 Å². The number of aromatic nitrogens is 1. The van der Waals surface area contributed by atoms with Crippen molar-refractivity contribution in [2.24, 2.45) is 0 Å². The van der Waals surface area contributed by atoms with Crippen molar-refractivity contribution < 1.29 is 0 Å². The molecule has 2 aromatic carbocycles. The lowest BCUT2D eigenvalue weighted by atomic mass is 10.0. The Kier molecular flexibility index (Phi) is 2.66. The number of fused-ring (bicyclic) bond motifs is 1. The van der Waals surface area contributed by atoms with Crippen molar-refractivity contribution >= 4 is 17.0 Å². The van der Waals surface area contributed by atoms with E-state index >= 15 is 0 Å². The first-order chi connectivity index (χ1) is 8.86. The Bertz CT molecular complexity index is 696. The van der Waals surface area contributed by atoms with E-state index in [1.165, 1.54) is 16.5 Å². The van der Waals surface area contributed by atoms with Crippen molar-refractivity contribution in [1.29, 1.82) is 0 Å². The molecule has 0 radical (unpaired) electrons. The Labute approximate surface area is 106 Å². The number of benzene rings is 2. The van der Waals surface area contributed by atoms with Crippen LogP contribution in [0.5, 0.6) is 0 Å². The molecule has 1 nitrogen and oxygen atoms in total. The Morgan fingerprint density at radius 3 is 2.44 bits per heavy atom. The van der Waals surface area contributed by atoms with Gasteiger partial charge in [0.2, 0.25) is 0 Å². The molecule has 1 heterocycles. The summed E-state index contributed by atoms with van der Waals surface area (Å²) in [5.41, 5.74) is 4.56. The standard InChI is InChI=1S/C17H13N/c1-2-13-5-7-14(8-6-13)16-10-9-15-4-3-11-18-17(15)12-16/h2-12H,1H2. The summed E-state index contributed by atoms with van der Waals surface area (Å²) in [6, 6.07) is 18.8. The Morgan fingerprint density at radius 2 is 1.67 bits per heavy atom. The highest BCUT2D eigenvalue weighted by molar-refractivity contribution is 5.84. The highest BCUT2D eigenvalue weighted by atomic mass is 14.6. The molecule has 0 spiro atoms. The lowest BCUT2D eigenvalue weighted by Crippen LogP contribution is -1.81. The predicted octanol–water partition coefficient (Wildman–Crippen LogP) is 4.54. The van der Waals surface area contributed by atoms with Crippen LogP contribution in [0.4, 0.5) is 0 Å². The molecule has 18 heavy (non-hydrogen) atoms. The van der Waals surface area contributed by atoms with Crippen LogP contribution in [0.1, 0.15) is 5.56 Å². The molecule has 0 aliphatic heterocycles. The molecule has 1 heteroatoms. The van der Waals surface area contributed by atoms with Gasteiger partial charge < -0.3 is 0 Å². The summed E-state index contributed by atoms with van der Waals surface area (Å²) in [6.45, 7) is 3.76. The van der Waals surface area contributed by atoms with E-state index in [0.29, 0.717) is 0 Å². The monoisotopic (exact) mass is 231 g/mol. The fourth-order valence-electron chi connectivity index (χ4n) is 2.06. The quantitative estimate of drug-likeness (QED) is 0.630. The average Bonchev–Trinajstić information content (AvgIpc) is 2.47. The van der Waals surface area contributed by atoms with E-state index in [-0.39, 0.29) is 0 Å². The van der Waals surface area contributed by atoms with Crippen LogP contribution < -0.4 is 0 Å². The zero-order valence-corrected chi connectivity index (χ0v) is 10.0. The van der Waals surface area contributed by atoms with Crippen molar-refractivity contribution in [2.45, 2.75) is 0 Å². The molecule has 0 saturated heterocycles. The minimum absolute atomic E-state index is 1.03. The number of hydrogen-bond donors (Lipinski definition) is 0. The van der Waals surface area contributed by atoms with Gasteiger partial charge in [-0.15, -0.1) is 0 Å². The minimum Gasteiger partial charge on any atom is -0.256 e. The molecule has 0 aliphatic carbocycles. The molecule has 0 unspecified atom stereocenters. The topological polar surface area (TPSA) is 12.9 Å². The Balaban J connectivity index is 2.10. The summed E-state index contributed by atoms with van der Waals surface area (Å²) in [7, 11) is 0. The van der Waals surface area contributed by atoms with Gasteiger partial charge in [-0.2, -0.15) is 0 Å². The molecule has 0 atom stereocenters. The van der Waals surface area contributed by atoms with Crippen molar-refractivity contribution in [3.8, 4) is 11.1 Å². The summed E-state index contributed by atoms with van der Waals surface area (Å²) in [5.74, 6) is 0. The van der Waals surface area contributed by atoms with Crippen molar-refractivity contribution in [3.63, 3.8) is 0 Å². The van der Waals surface area contributed by atoms with E-state index in [4.69, 9.17) is 0 Å². The largest absolute Gasteiger partial charge is 0.256 e. The minimum atomic E-state index is 1.03. The van der Waals surface area contributed by atoms with Gasteiger partial charge in [0.25, 0.3) is 0 Å². The van der Waals surface area contributed by atoms with Crippen molar-refractivity contribution in [3.05, 3.63) is 72.9 Å². The Morgan fingerprint density at radius 1 is 0.889 bits per heavy atom. The molecule has 0 N–H and O–H groups in total. The molecular weight excluding hydrogens is 218 g/mol. The molecule has 0 bridgehead atoms. The molecule has 0 aliphatic rings. The summed E-state index contributed by atoms with van der Waals surface area (Å²) in [6.07, 6.45) is 3.68.